The maximum Gasteiger partial charge on any atom is 0.240 e. The minimum Gasteiger partial charge on any atom is -0.333 e. The van der Waals surface area contributed by atoms with Crippen molar-refractivity contribution in [2.45, 2.75) is 50.6 Å². The third-order valence-electron chi connectivity index (χ3n) is 4.15. The van der Waals surface area contributed by atoms with Crippen molar-refractivity contribution in [1.82, 2.24) is 10.2 Å². The lowest BCUT2D eigenvalue weighted by molar-refractivity contribution is -0.133. The van der Waals surface area contributed by atoms with Gasteiger partial charge in [0.15, 0.2) is 0 Å². The number of rotatable bonds is 2. The molecule has 0 spiro atoms. The van der Waals surface area contributed by atoms with Crippen LogP contribution in [0.3, 0.4) is 0 Å². The van der Waals surface area contributed by atoms with Gasteiger partial charge in [0.2, 0.25) is 5.91 Å². The largest absolute Gasteiger partial charge is 0.333 e. The van der Waals surface area contributed by atoms with Crippen molar-refractivity contribution < 1.29 is 4.79 Å². The van der Waals surface area contributed by atoms with E-state index in [9.17, 15) is 4.79 Å². The lowest BCUT2D eigenvalue weighted by Gasteiger charge is -2.40. The van der Waals surface area contributed by atoms with Crippen molar-refractivity contribution in [3.8, 4) is 12.3 Å². The van der Waals surface area contributed by atoms with E-state index in [0.717, 1.165) is 12.3 Å². The molecule has 0 aromatic carbocycles. The molecule has 1 aliphatic carbocycles. The first kappa shape index (κ1) is 12.4. The van der Waals surface area contributed by atoms with Crippen molar-refractivity contribution in [1.29, 1.82) is 0 Å². The fraction of sp³-hybridized carbons (Fsp3) is 0.786. The standard InChI is InChI=1S/C14H22N2O/c1-3-10-16(2)14(17)13-9-8-11-6-4-5-7-12(11)15-13/h1,11-13,15H,4-10H2,2H3. The zero-order valence-corrected chi connectivity index (χ0v) is 10.6. The Hall–Kier alpha value is -1.01. The zero-order chi connectivity index (χ0) is 12.3. The Kier molecular flexibility index (Phi) is 4.06. The van der Waals surface area contributed by atoms with E-state index in [0.29, 0.717) is 12.6 Å². The van der Waals surface area contributed by atoms with Crippen molar-refractivity contribution in [2.75, 3.05) is 13.6 Å². The predicted molar refractivity (Wildman–Crippen MR) is 68.4 cm³/mol. The lowest BCUT2D eigenvalue weighted by atomic mass is 9.77. The van der Waals surface area contributed by atoms with Gasteiger partial charge in [0, 0.05) is 13.1 Å². The molecule has 0 aromatic rings. The zero-order valence-electron chi connectivity index (χ0n) is 10.6. The van der Waals surface area contributed by atoms with E-state index in [4.69, 9.17) is 6.42 Å². The number of hydrogen-bond acceptors (Lipinski definition) is 2. The molecule has 2 aliphatic rings. The number of likely N-dealkylation sites (N-methyl/N-ethyl adjacent to an activating group) is 1. The number of hydrogen-bond donors (Lipinski definition) is 1. The summed E-state index contributed by atoms with van der Waals surface area (Å²) in [6, 6.07) is 0.554. The average Bonchev–Trinajstić information content (AvgIpc) is 2.37. The fourth-order valence-corrected chi connectivity index (χ4v) is 3.17. The van der Waals surface area contributed by atoms with E-state index >= 15 is 0 Å². The summed E-state index contributed by atoms with van der Waals surface area (Å²) < 4.78 is 0. The maximum absolute atomic E-state index is 12.1. The highest BCUT2D eigenvalue weighted by Crippen LogP contribution is 2.32. The van der Waals surface area contributed by atoms with Crippen LogP contribution in [0.4, 0.5) is 0 Å². The first-order valence-corrected chi connectivity index (χ1v) is 6.67. The molecule has 0 aromatic heterocycles. The van der Waals surface area contributed by atoms with E-state index in [1.165, 1.54) is 32.1 Å². The third-order valence-corrected chi connectivity index (χ3v) is 4.15. The number of fused-ring (bicyclic) bond motifs is 1. The number of nitrogens with zero attached hydrogens (tertiary/aromatic N) is 1. The molecule has 1 amide bonds. The molecule has 0 radical (unpaired) electrons. The summed E-state index contributed by atoms with van der Waals surface area (Å²) >= 11 is 0. The number of carbonyl (C=O) groups is 1. The minimum absolute atomic E-state index is 0.00676. The molecule has 3 unspecified atom stereocenters. The van der Waals surface area contributed by atoms with Gasteiger partial charge >= 0.3 is 0 Å². The molecular weight excluding hydrogens is 212 g/mol. The average molecular weight is 234 g/mol. The normalized spacial score (nSPS) is 32.4. The molecule has 3 heteroatoms. The topological polar surface area (TPSA) is 32.3 Å². The molecular formula is C14H22N2O. The molecule has 0 bridgehead atoms. The first-order chi connectivity index (χ1) is 8.22. The van der Waals surface area contributed by atoms with Gasteiger partial charge in [-0.25, -0.2) is 0 Å². The maximum atomic E-state index is 12.1. The highest BCUT2D eigenvalue weighted by atomic mass is 16.2. The SMILES string of the molecule is C#CCN(C)C(=O)C1CCC2CCCCC2N1. The summed E-state index contributed by atoms with van der Waals surface area (Å²) in [7, 11) is 1.79. The number of nitrogens with one attached hydrogen (secondary N) is 1. The van der Waals surface area contributed by atoms with Crippen LogP contribution in [0.5, 0.6) is 0 Å². The summed E-state index contributed by atoms with van der Waals surface area (Å²) in [6.07, 6.45) is 12.6. The summed E-state index contributed by atoms with van der Waals surface area (Å²) in [5.41, 5.74) is 0. The van der Waals surface area contributed by atoms with Gasteiger partial charge in [-0.1, -0.05) is 18.8 Å². The quantitative estimate of drug-likeness (QED) is 0.732. The molecule has 2 rings (SSSR count). The van der Waals surface area contributed by atoms with Gasteiger partial charge < -0.3 is 10.2 Å². The first-order valence-electron chi connectivity index (χ1n) is 6.67. The van der Waals surface area contributed by atoms with Gasteiger partial charge in [-0.2, -0.15) is 0 Å². The van der Waals surface area contributed by atoms with Crippen LogP contribution in [0.25, 0.3) is 0 Å². The molecule has 17 heavy (non-hydrogen) atoms. The third kappa shape index (κ3) is 2.81. The Morgan fingerprint density at radius 3 is 2.88 bits per heavy atom. The fourth-order valence-electron chi connectivity index (χ4n) is 3.17. The molecule has 1 saturated carbocycles. The molecule has 94 valence electrons. The molecule has 3 nitrogen and oxygen atoms in total. The Balaban J connectivity index is 1.91. The molecule has 1 aliphatic heterocycles. The van der Waals surface area contributed by atoms with Crippen LogP contribution in [-0.4, -0.2) is 36.5 Å². The van der Waals surface area contributed by atoms with Crippen molar-refractivity contribution in [3.63, 3.8) is 0 Å². The summed E-state index contributed by atoms with van der Waals surface area (Å²) in [5, 5.41) is 3.53. The summed E-state index contributed by atoms with van der Waals surface area (Å²) in [4.78, 5) is 13.8. The van der Waals surface area contributed by atoms with Crippen LogP contribution in [0, 0.1) is 18.3 Å². The van der Waals surface area contributed by atoms with Crippen LogP contribution < -0.4 is 5.32 Å². The predicted octanol–water partition coefficient (Wildman–Crippen LogP) is 1.39. The summed E-state index contributed by atoms with van der Waals surface area (Å²) in [5.74, 6) is 3.48. The Morgan fingerprint density at radius 2 is 2.12 bits per heavy atom. The second-order valence-corrected chi connectivity index (χ2v) is 5.35. The Morgan fingerprint density at radius 1 is 1.35 bits per heavy atom. The van der Waals surface area contributed by atoms with Crippen molar-refractivity contribution in [3.05, 3.63) is 0 Å². The second-order valence-electron chi connectivity index (χ2n) is 5.35. The van der Waals surface area contributed by atoms with Gasteiger partial charge in [0.25, 0.3) is 0 Å². The molecule has 3 atom stereocenters. The second kappa shape index (κ2) is 5.55. The monoisotopic (exact) mass is 234 g/mol. The van der Waals surface area contributed by atoms with Gasteiger partial charge in [-0.15, -0.1) is 6.42 Å². The highest BCUT2D eigenvalue weighted by Gasteiger charge is 2.35. The van der Waals surface area contributed by atoms with Crippen molar-refractivity contribution >= 4 is 5.91 Å². The molecule has 1 saturated heterocycles. The van der Waals surface area contributed by atoms with Crippen LogP contribution in [0.2, 0.25) is 0 Å². The molecule has 1 heterocycles. The number of carbonyl (C=O) groups excluding carboxylic acids is 1. The van der Waals surface area contributed by atoms with Gasteiger partial charge in [-0.05, 0) is 31.6 Å². The number of piperidine rings is 1. The molecule has 2 fully saturated rings. The van der Waals surface area contributed by atoms with Crippen LogP contribution in [0.1, 0.15) is 38.5 Å². The van der Waals surface area contributed by atoms with E-state index in [1.807, 2.05) is 0 Å². The van der Waals surface area contributed by atoms with Gasteiger partial charge in [0.1, 0.15) is 0 Å². The van der Waals surface area contributed by atoms with Crippen LogP contribution in [0.15, 0.2) is 0 Å². The Labute approximate surface area is 104 Å². The summed E-state index contributed by atoms with van der Waals surface area (Å²) in [6.45, 7) is 0.408. The lowest BCUT2D eigenvalue weighted by Crippen LogP contribution is -2.55. The van der Waals surface area contributed by atoms with E-state index in [1.54, 1.807) is 11.9 Å². The van der Waals surface area contributed by atoms with E-state index < -0.39 is 0 Å². The van der Waals surface area contributed by atoms with Crippen LogP contribution >= 0.6 is 0 Å². The van der Waals surface area contributed by atoms with E-state index in [-0.39, 0.29) is 11.9 Å². The van der Waals surface area contributed by atoms with Crippen LogP contribution in [-0.2, 0) is 4.79 Å². The highest BCUT2D eigenvalue weighted by molar-refractivity contribution is 5.82. The van der Waals surface area contributed by atoms with E-state index in [2.05, 4.69) is 11.2 Å². The number of terminal acetylenes is 1. The molecule has 1 N–H and O–H groups in total. The number of amides is 1. The Bertz CT molecular complexity index is 321. The smallest absolute Gasteiger partial charge is 0.240 e. The minimum atomic E-state index is -0.00676. The van der Waals surface area contributed by atoms with Crippen molar-refractivity contribution in [2.24, 2.45) is 5.92 Å². The van der Waals surface area contributed by atoms with Gasteiger partial charge in [0.05, 0.1) is 12.6 Å². The van der Waals surface area contributed by atoms with Gasteiger partial charge in [-0.3, -0.25) is 4.79 Å².